The Morgan fingerprint density at radius 1 is 0.750 bits per heavy atom. The van der Waals surface area contributed by atoms with Crippen molar-refractivity contribution in [2.45, 2.75) is 26.7 Å². The summed E-state index contributed by atoms with van der Waals surface area (Å²) in [6.07, 6.45) is 1.30. The van der Waals surface area contributed by atoms with Crippen LogP contribution in [0.25, 0.3) is 0 Å². The molecule has 0 aliphatic heterocycles. The summed E-state index contributed by atoms with van der Waals surface area (Å²) in [5, 5.41) is 11.4. The molecule has 0 fully saturated rings. The lowest BCUT2D eigenvalue weighted by Gasteiger charge is -2.10. The van der Waals surface area contributed by atoms with E-state index in [1.807, 2.05) is 6.92 Å². The van der Waals surface area contributed by atoms with Crippen molar-refractivity contribution in [3.05, 3.63) is 54.1 Å². The highest BCUT2D eigenvalue weighted by Crippen LogP contribution is 2.14. The molecule has 3 amide bonds. The van der Waals surface area contributed by atoms with Gasteiger partial charge in [-0.3, -0.25) is 14.4 Å². The van der Waals surface area contributed by atoms with Crippen LogP contribution in [0, 0.1) is 0 Å². The average molecular weight is 382 g/mol. The van der Waals surface area contributed by atoms with Gasteiger partial charge in [0.15, 0.2) is 0 Å². The lowest BCUT2D eigenvalue weighted by Crippen LogP contribution is -2.24. The first-order chi connectivity index (χ1) is 13.5. The van der Waals surface area contributed by atoms with E-state index in [0.29, 0.717) is 29.9 Å². The maximum atomic E-state index is 12.1. The van der Waals surface area contributed by atoms with Crippen molar-refractivity contribution in [3.63, 3.8) is 0 Å². The summed E-state index contributed by atoms with van der Waals surface area (Å²) in [6, 6.07) is 13.9. The third kappa shape index (κ3) is 6.75. The Balaban J connectivity index is 1.80. The zero-order chi connectivity index (χ0) is 20.4. The van der Waals surface area contributed by atoms with Gasteiger partial charge in [0.1, 0.15) is 0 Å². The molecule has 7 heteroatoms. The van der Waals surface area contributed by atoms with E-state index in [2.05, 4.69) is 21.3 Å². The van der Waals surface area contributed by atoms with E-state index in [1.54, 1.807) is 55.5 Å². The van der Waals surface area contributed by atoms with Crippen molar-refractivity contribution in [1.29, 1.82) is 0 Å². The molecule has 0 aromatic heterocycles. The number of anilines is 3. The van der Waals surface area contributed by atoms with Crippen LogP contribution in [0.15, 0.2) is 48.5 Å². The molecular formula is C21H26N4O3. The molecule has 7 nitrogen and oxygen atoms in total. The van der Waals surface area contributed by atoms with Crippen molar-refractivity contribution in [1.82, 2.24) is 5.32 Å². The Kier molecular flexibility index (Phi) is 8.02. The van der Waals surface area contributed by atoms with Crippen molar-refractivity contribution in [2.24, 2.45) is 0 Å². The van der Waals surface area contributed by atoms with Crippen LogP contribution in [-0.2, 0) is 9.59 Å². The first-order valence-electron chi connectivity index (χ1n) is 9.33. The molecule has 0 aliphatic carbocycles. The molecule has 2 rings (SSSR count). The smallest absolute Gasteiger partial charge is 0.251 e. The molecule has 0 atom stereocenters. The fourth-order valence-electron chi connectivity index (χ4n) is 2.35. The Morgan fingerprint density at radius 3 is 1.82 bits per heavy atom. The standard InChI is InChI=1S/C21H26N4O3/c1-3-13-22-21(28)15-5-7-16(8-6-15)23-14-20(27)25-18-11-9-17(10-12-18)24-19(26)4-2/h5-12,23H,3-4,13-14H2,1-2H3,(H,22,28)(H,24,26)(H,25,27). The fraction of sp³-hybridized carbons (Fsp3) is 0.286. The van der Waals surface area contributed by atoms with Crippen LogP contribution in [0.3, 0.4) is 0 Å². The van der Waals surface area contributed by atoms with Crippen LogP contribution in [-0.4, -0.2) is 30.8 Å². The van der Waals surface area contributed by atoms with Crippen molar-refractivity contribution < 1.29 is 14.4 Å². The van der Waals surface area contributed by atoms with Crippen LogP contribution in [0.1, 0.15) is 37.0 Å². The highest BCUT2D eigenvalue weighted by molar-refractivity contribution is 5.96. The highest BCUT2D eigenvalue weighted by atomic mass is 16.2. The minimum atomic E-state index is -0.199. The second-order valence-electron chi connectivity index (χ2n) is 6.21. The zero-order valence-electron chi connectivity index (χ0n) is 16.2. The summed E-state index contributed by atoms with van der Waals surface area (Å²) >= 11 is 0. The Bertz CT molecular complexity index is 801. The molecule has 28 heavy (non-hydrogen) atoms. The van der Waals surface area contributed by atoms with Crippen LogP contribution >= 0.6 is 0 Å². The number of hydrogen-bond donors (Lipinski definition) is 4. The largest absolute Gasteiger partial charge is 0.376 e. The van der Waals surface area contributed by atoms with Gasteiger partial charge in [-0.2, -0.15) is 0 Å². The number of hydrogen-bond acceptors (Lipinski definition) is 4. The highest BCUT2D eigenvalue weighted by Gasteiger charge is 2.06. The molecule has 0 saturated carbocycles. The van der Waals surface area contributed by atoms with Gasteiger partial charge >= 0.3 is 0 Å². The molecule has 0 unspecified atom stereocenters. The summed E-state index contributed by atoms with van der Waals surface area (Å²) in [5.41, 5.74) is 2.66. The Morgan fingerprint density at radius 2 is 1.29 bits per heavy atom. The van der Waals surface area contributed by atoms with Crippen LogP contribution in [0.2, 0.25) is 0 Å². The van der Waals surface area contributed by atoms with Gasteiger partial charge in [0.25, 0.3) is 5.91 Å². The van der Waals surface area contributed by atoms with Gasteiger partial charge in [0, 0.05) is 35.6 Å². The van der Waals surface area contributed by atoms with Crippen molar-refractivity contribution in [3.8, 4) is 0 Å². The number of benzene rings is 2. The lowest BCUT2D eigenvalue weighted by atomic mass is 10.2. The maximum absolute atomic E-state index is 12.1. The Hall–Kier alpha value is -3.35. The topological polar surface area (TPSA) is 99.3 Å². The van der Waals surface area contributed by atoms with E-state index < -0.39 is 0 Å². The van der Waals surface area contributed by atoms with Gasteiger partial charge in [-0.05, 0) is 55.0 Å². The van der Waals surface area contributed by atoms with E-state index in [9.17, 15) is 14.4 Å². The molecule has 0 saturated heterocycles. The van der Waals surface area contributed by atoms with Gasteiger partial charge < -0.3 is 21.3 Å². The van der Waals surface area contributed by atoms with Gasteiger partial charge in [-0.15, -0.1) is 0 Å². The van der Waals surface area contributed by atoms with Crippen molar-refractivity contribution in [2.75, 3.05) is 29.0 Å². The van der Waals surface area contributed by atoms with E-state index in [-0.39, 0.29) is 24.3 Å². The minimum absolute atomic E-state index is 0.0603. The van der Waals surface area contributed by atoms with Crippen molar-refractivity contribution >= 4 is 34.8 Å². The van der Waals surface area contributed by atoms with Crippen LogP contribution < -0.4 is 21.3 Å². The van der Waals surface area contributed by atoms with Gasteiger partial charge in [-0.1, -0.05) is 13.8 Å². The molecule has 0 heterocycles. The Labute approximate surface area is 164 Å². The van der Waals surface area contributed by atoms with Gasteiger partial charge in [0.05, 0.1) is 6.54 Å². The third-order valence-corrected chi connectivity index (χ3v) is 3.91. The number of carbonyl (C=O) groups excluding carboxylic acids is 3. The molecule has 2 aromatic carbocycles. The van der Waals surface area contributed by atoms with E-state index in [4.69, 9.17) is 0 Å². The fourth-order valence-corrected chi connectivity index (χ4v) is 2.35. The number of carbonyl (C=O) groups is 3. The SMILES string of the molecule is CCCNC(=O)c1ccc(NCC(=O)Nc2ccc(NC(=O)CC)cc2)cc1. The third-order valence-electron chi connectivity index (χ3n) is 3.91. The maximum Gasteiger partial charge on any atom is 0.251 e. The van der Waals surface area contributed by atoms with E-state index >= 15 is 0 Å². The second kappa shape index (κ2) is 10.7. The van der Waals surface area contributed by atoms with Crippen LogP contribution in [0.4, 0.5) is 17.1 Å². The second-order valence-corrected chi connectivity index (χ2v) is 6.21. The summed E-state index contributed by atoms with van der Waals surface area (Å²) < 4.78 is 0. The number of amides is 3. The first-order valence-corrected chi connectivity index (χ1v) is 9.33. The molecule has 0 aliphatic rings. The summed E-state index contributed by atoms with van der Waals surface area (Å²) in [7, 11) is 0. The zero-order valence-corrected chi connectivity index (χ0v) is 16.2. The minimum Gasteiger partial charge on any atom is -0.376 e. The normalized spacial score (nSPS) is 10.1. The lowest BCUT2D eigenvalue weighted by molar-refractivity contribution is -0.116. The molecule has 0 radical (unpaired) electrons. The monoisotopic (exact) mass is 382 g/mol. The summed E-state index contributed by atoms with van der Waals surface area (Å²) in [6.45, 7) is 4.52. The van der Waals surface area contributed by atoms with Gasteiger partial charge in [-0.25, -0.2) is 0 Å². The van der Waals surface area contributed by atoms with Gasteiger partial charge in [0.2, 0.25) is 11.8 Å². The molecule has 0 spiro atoms. The summed E-state index contributed by atoms with van der Waals surface area (Å²) in [5.74, 6) is -0.366. The average Bonchev–Trinajstić information content (AvgIpc) is 2.72. The van der Waals surface area contributed by atoms with E-state index in [1.165, 1.54) is 0 Å². The molecule has 0 bridgehead atoms. The number of nitrogens with one attached hydrogen (secondary N) is 4. The predicted molar refractivity (Wildman–Crippen MR) is 112 cm³/mol. The molecule has 2 aromatic rings. The van der Waals surface area contributed by atoms with Crippen LogP contribution in [0.5, 0.6) is 0 Å². The first kappa shape index (κ1) is 21.0. The molecule has 148 valence electrons. The molecular weight excluding hydrogens is 356 g/mol. The van der Waals surface area contributed by atoms with E-state index in [0.717, 1.165) is 12.1 Å². The molecule has 4 N–H and O–H groups in total. The quantitative estimate of drug-likeness (QED) is 0.535. The predicted octanol–water partition coefficient (Wildman–Crippen LogP) is 3.23. The number of rotatable bonds is 9. The summed E-state index contributed by atoms with van der Waals surface area (Å²) in [4.78, 5) is 35.3.